The van der Waals surface area contributed by atoms with Gasteiger partial charge in [0.15, 0.2) is 6.61 Å². The lowest BCUT2D eigenvalue weighted by Crippen LogP contribution is -2.43. The van der Waals surface area contributed by atoms with Gasteiger partial charge in [-0.2, -0.15) is 0 Å². The second-order valence-corrected chi connectivity index (χ2v) is 7.21. The Morgan fingerprint density at radius 3 is 2.84 bits per heavy atom. The molecule has 3 aliphatic rings. The van der Waals surface area contributed by atoms with Crippen LogP contribution in [0.15, 0.2) is 23.5 Å². The van der Waals surface area contributed by atoms with Crippen molar-refractivity contribution >= 4 is 17.4 Å². The van der Waals surface area contributed by atoms with Gasteiger partial charge in [-0.3, -0.25) is 4.90 Å². The summed E-state index contributed by atoms with van der Waals surface area (Å²) in [5, 5.41) is 4.21. The van der Waals surface area contributed by atoms with Crippen molar-refractivity contribution in [1.82, 2.24) is 9.88 Å². The van der Waals surface area contributed by atoms with E-state index in [9.17, 15) is 0 Å². The third-order valence-electron chi connectivity index (χ3n) is 5.25. The zero-order valence-corrected chi connectivity index (χ0v) is 14.6. The highest BCUT2D eigenvalue weighted by Gasteiger charge is 2.33. The zero-order chi connectivity index (χ0) is 17.1. The van der Waals surface area contributed by atoms with E-state index in [0.29, 0.717) is 12.3 Å². The molecule has 0 aromatic carbocycles. The summed E-state index contributed by atoms with van der Waals surface area (Å²) in [6, 6.07) is 3.86. The number of hydrogen-bond donors (Lipinski definition) is 1. The van der Waals surface area contributed by atoms with Crippen molar-refractivity contribution < 1.29 is 9.57 Å². The molecular formula is C18H27N5O2. The predicted molar refractivity (Wildman–Crippen MR) is 97.5 cm³/mol. The average Bonchev–Trinajstić information content (AvgIpc) is 3.14. The van der Waals surface area contributed by atoms with Crippen LogP contribution in [-0.2, 0) is 9.57 Å². The van der Waals surface area contributed by atoms with Gasteiger partial charge in [0.05, 0.1) is 17.8 Å². The molecule has 3 aliphatic heterocycles. The molecule has 0 saturated carbocycles. The fourth-order valence-electron chi connectivity index (χ4n) is 3.86. The summed E-state index contributed by atoms with van der Waals surface area (Å²) in [7, 11) is 0. The maximum atomic E-state index is 6.19. The van der Waals surface area contributed by atoms with Crippen LogP contribution in [0.4, 0.5) is 11.5 Å². The topological polar surface area (TPSA) is 76.2 Å². The van der Waals surface area contributed by atoms with Crippen molar-refractivity contribution in [1.29, 1.82) is 0 Å². The van der Waals surface area contributed by atoms with E-state index >= 15 is 0 Å². The SMILES string of the molecule is Nc1ccc(N2CCC(C3=NOCC(CN4CCCCC4)O3)C2)nc1. The third-order valence-corrected chi connectivity index (χ3v) is 5.25. The van der Waals surface area contributed by atoms with E-state index in [-0.39, 0.29) is 12.0 Å². The lowest BCUT2D eigenvalue weighted by atomic mass is 10.1. The number of nitrogens with two attached hydrogens (primary N) is 1. The van der Waals surface area contributed by atoms with Crippen LogP contribution in [0, 0.1) is 5.92 Å². The van der Waals surface area contributed by atoms with Crippen LogP contribution < -0.4 is 10.6 Å². The summed E-state index contributed by atoms with van der Waals surface area (Å²) in [6.07, 6.45) is 6.73. The molecule has 7 heteroatoms. The molecule has 2 N–H and O–H groups in total. The molecule has 0 bridgehead atoms. The maximum absolute atomic E-state index is 6.19. The normalized spacial score (nSPS) is 27.5. The monoisotopic (exact) mass is 345 g/mol. The van der Waals surface area contributed by atoms with Crippen molar-refractivity contribution in [3.05, 3.63) is 18.3 Å². The molecule has 2 saturated heterocycles. The lowest BCUT2D eigenvalue weighted by Gasteiger charge is -2.32. The van der Waals surface area contributed by atoms with Gasteiger partial charge in [0.1, 0.15) is 11.9 Å². The van der Waals surface area contributed by atoms with E-state index in [1.807, 2.05) is 12.1 Å². The number of piperidine rings is 1. The van der Waals surface area contributed by atoms with Crippen LogP contribution in [0.25, 0.3) is 0 Å². The summed E-state index contributed by atoms with van der Waals surface area (Å²) in [5.74, 6) is 1.98. The fourth-order valence-corrected chi connectivity index (χ4v) is 3.86. The first-order valence-corrected chi connectivity index (χ1v) is 9.33. The first-order valence-electron chi connectivity index (χ1n) is 9.33. The standard InChI is InChI=1S/C18H27N5O2/c19-15-4-5-17(20-10-15)23-9-6-14(11-23)18-21-24-13-16(25-18)12-22-7-2-1-3-8-22/h4-5,10,14,16H,1-3,6-9,11-13,19H2. The highest BCUT2D eigenvalue weighted by Crippen LogP contribution is 2.26. The Balaban J connectivity index is 1.32. The van der Waals surface area contributed by atoms with Gasteiger partial charge in [-0.05, 0) is 44.5 Å². The Kier molecular flexibility index (Phi) is 4.92. The van der Waals surface area contributed by atoms with E-state index < -0.39 is 0 Å². The van der Waals surface area contributed by atoms with E-state index in [1.165, 1.54) is 32.4 Å². The maximum Gasteiger partial charge on any atom is 0.231 e. The number of likely N-dealkylation sites (tertiary alicyclic amines) is 1. The van der Waals surface area contributed by atoms with Gasteiger partial charge in [0, 0.05) is 19.6 Å². The summed E-state index contributed by atoms with van der Waals surface area (Å²) in [4.78, 5) is 14.6. The number of hydrogen-bond acceptors (Lipinski definition) is 7. The molecule has 25 heavy (non-hydrogen) atoms. The summed E-state index contributed by atoms with van der Waals surface area (Å²) < 4.78 is 6.19. The minimum absolute atomic E-state index is 0.0919. The number of oxime groups is 1. The number of pyridine rings is 1. The molecular weight excluding hydrogens is 318 g/mol. The van der Waals surface area contributed by atoms with Gasteiger partial charge in [0.25, 0.3) is 0 Å². The number of rotatable bonds is 4. The molecule has 2 unspecified atom stereocenters. The molecule has 2 fully saturated rings. The molecule has 4 rings (SSSR count). The minimum atomic E-state index is 0.0919. The molecule has 0 amide bonds. The Morgan fingerprint density at radius 1 is 1.16 bits per heavy atom. The Hall–Kier alpha value is -2.02. The minimum Gasteiger partial charge on any atom is -0.470 e. The van der Waals surface area contributed by atoms with Crippen LogP contribution in [0.2, 0.25) is 0 Å². The van der Waals surface area contributed by atoms with Crippen LogP contribution in [-0.4, -0.2) is 61.2 Å². The van der Waals surface area contributed by atoms with Gasteiger partial charge >= 0.3 is 0 Å². The fraction of sp³-hybridized carbons (Fsp3) is 0.667. The van der Waals surface area contributed by atoms with Crippen molar-refractivity contribution in [2.24, 2.45) is 11.1 Å². The first kappa shape index (κ1) is 16.4. The lowest BCUT2D eigenvalue weighted by molar-refractivity contribution is -0.0146. The summed E-state index contributed by atoms with van der Waals surface area (Å²) in [5.41, 5.74) is 6.41. The van der Waals surface area contributed by atoms with E-state index in [2.05, 4.69) is 19.9 Å². The van der Waals surface area contributed by atoms with Crippen LogP contribution in [0.5, 0.6) is 0 Å². The second kappa shape index (κ2) is 7.47. The molecule has 136 valence electrons. The molecule has 1 aromatic heterocycles. The van der Waals surface area contributed by atoms with Gasteiger partial charge < -0.3 is 20.2 Å². The van der Waals surface area contributed by atoms with E-state index in [1.54, 1.807) is 6.20 Å². The highest BCUT2D eigenvalue weighted by molar-refractivity contribution is 5.80. The smallest absolute Gasteiger partial charge is 0.231 e. The molecule has 1 aromatic rings. The molecule has 0 spiro atoms. The number of nitrogens with zero attached hydrogens (tertiary/aromatic N) is 4. The molecule has 4 heterocycles. The number of ether oxygens (including phenoxy) is 1. The molecule has 0 aliphatic carbocycles. The average molecular weight is 345 g/mol. The highest BCUT2D eigenvalue weighted by atomic mass is 16.7. The number of aromatic nitrogens is 1. The quantitative estimate of drug-likeness (QED) is 0.895. The van der Waals surface area contributed by atoms with Gasteiger partial charge in [-0.15, -0.1) is 0 Å². The first-order chi connectivity index (χ1) is 12.3. The van der Waals surface area contributed by atoms with Crippen LogP contribution in [0.3, 0.4) is 0 Å². The van der Waals surface area contributed by atoms with Crippen LogP contribution >= 0.6 is 0 Å². The zero-order valence-electron chi connectivity index (χ0n) is 14.6. The molecule has 7 nitrogen and oxygen atoms in total. The van der Waals surface area contributed by atoms with Crippen molar-refractivity contribution in [2.45, 2.75) is 31.8 Å². The van der Waals surface area contributed by atoms with Crippen molar-refractivity contribution in [2.75, 3.05) is 50.0 Å². The predicted octanol–water partition coefficient (Wildman–Crippen LogP) is 1.70. The summed E-state index contributed by atoms with van der Waals surface area (Å²) in [6.45, 7) is 5.64. The Labute approximate surface area is 148 Å². The number of anilines is 2. The molecule has 0 radical (unpaired) electrons. The summed E-state index contributed by atoms with van der Waals surface area (Å²) >= 11 is 0. The van der Waals surface area contributed by atoms with E-state index in [4.69, 9.17) is 15.3 Å². The molecule has 2 atom stereocenters. The van der Waals surface area contributed by atoms with Crippen molar-refractivity contribution in [3.8, 4) is 0 Å². The number of nitrogen functional groups attached to an aromatic ring is 1. The van der Waals surface area contributed by atoms with Gasteiger partial charge in [-0.25, -0.2) is 4.98 Å². The third kappa shape index (κ3) is 3.98. The van der Waals surface area contributed by atoms with Crippen LogP contribution in [0.1, 0.15) is 25.7 Å². The Bertz CT molecular complexity index is 600. The van der Waals surface area contributed by atoms with Gasteiger partial charge in [-0.1, -0.05) is 11.6 Å². The van der Waals surface area contributed by atoms with Crippen molar-refractivity contribution in [3.63, 3.8) is 0 Å². The second-order valence-electron chi connectivity index (χ2n) is 7.21. The largest absolute Gasteiger partial charge is 0.470 e. The van der Waals surface area contributed by atoms with Gasteiger partial charge in [0.2, 0.25) is 5.90 Å². The van der Waals surface area contributed by atoms with E-state index in [0.717, 1.165) is 37.8 Å². The Morgan fingerprint density at radius 2 is 2.04 bits per heavy atom.